The molecule has 0 fully saturated rings. The van der Waals surface area contributed by atoms with Gasteiger partial charge in [-0.3, -0.25) is 4.57 Å². The minimum absolute atomic E-state index is 0.312. The molecule has 20 heavy (non-hydrogen) atoms. The van der Waals surface area contributed by atoms with Crippen LogP contribution in [0.4, 0.5) is 5.95 Å². The van der Waals surface area contributed by atoms with Gasteiger partial charge >= 0.3 is 0 Å². The summed E-state index contributed by atoms with van der Waals surface area (Å²) in [5.41, 5.74) is 1.94. The number of methoxy groups -OCH3 is 1. The second kappa shape index (κ2) is 6.18. The largest absolute Gasteiger partial charge is 0.495 e. The molecule has 0 atom stereocenters. The van der Waals surface area contributed by atoms with Crippen molar-refractivity contribution in [1.82, 2.24) is 9.55 Å². The summed E-state index contributed by atoms with van der Waals surface area (Å²) < 4.78 is 9.27. The van der Waals surface area contributed by atoms with Crippen molar-refractivity contribution in [1.29, 1.82) is 0 Å². The molecule has 0 saturated carbocycles. The molecule has 0 aliphatic carbocycles. The van der Waals surface area contributed by atoms with Crippen LogP contribution in [0.25, 0.3) is 5.69 Å². The molecular formula is C14H17Br2N3O. The van der Waals surface area contributed by atoms with E-state index < -0.39 is 0 Å². The third-order valence-electron chi connectivity index (χ3n) is 2.72. The molecule has 1 aromatic carbocycles. The van der Waals surface area contributed by atoms with E-state index in [-0.39, 0.29) is 0 Å². The maximum atomic E-state index is 5.37. The van der Waals surface area contributed by atoms with Crippen LogP contribution in [0, 0.1) is 6.92 Å². The maximum absolute atomic E-state index is 5.37. The molecule has 108 valence electrons. The summed E-state index contributed by atoms with van der Waals surface area (Å²) in [5.74, 6) is 1.60. The smallest absolute Gasteiger partial charge is 0.207 e. The first-order valence-electron chi connectivity index (χ1n) is 6.28. The highest BCUT2D eigenvalue weighted by Crippen LogP contribution is 2.34. The number of nitrogens with one attached hydrogen (secondary N) is 1. The summed E-state index contributed by atoms with van der Waals surface area (Å²) in [6.07, 6.45) is 2.00. The highest BCUT2D eigenvalue weighted by molar-refractivity contribution is 9.11. The molecule has 0 spiro atoms. The van der Waals surface area contributed by atoms with E-state index in [1.54, 1.807) is 7.11 Å². The quantitative estimate of drug-likeness (QED) is 0.816. The van der Waals surface area contributed by atoms with Crippen LogP contribution in [-0.4, -0.2) is 22.7 Å². The van der Waals surface area contributed by atoms with E-state index in [1.165, 1.54) is 0 Å². The van der Waals surface area contributed by atoms with Gasteiger partial charge in [-0.25, -0.2) is 4.98 Å². The van der Waals surface area contributed by atoms with Gasteiger partial charge < -0.3 is 10.1 Å². The average Bonchev–Trinajstić information content (AvgIpc) is 2.69. The van der Waals surface area contributed by atoms with Crippen LogP contribution < -0.4 is 10.1 Å². The minimum Gasteiger partial charge on any atom is -0.495 e. The fraction of sp³-hybridized carbons (Fsp3) is 0.357. The molecule has 0 unspecified atom stereocenters. The maximum Gasteiger partial charge on any atom is 0.207 e. The number of benzene rings is 1. The van der Waals surface area contributed by atoms with Gasteiger partial charge in [-0.05, 0) is 58.7 Å². The highest BCUT2D eigenvalue weighted by Gasteiger charge is 2.14. The second-order valence-corrected chi connectivity index (χ2v) is 6.52. The first-order chi connectivity index (χ1) is 9.42. The highest BCUT2D eigenvalue weighted by atomic mass is 79.9. The van der Waals surface area contributed by atoms with Crippen LogP contribution in [-0.2, 0) is 0 Å². The Bertz CT molecular complexity index is 623. The summed E-state index contributed by atoms with van der Waals surface area (Å²) in [4.78, 5) is 4.52. The van der Waals surface area contributed by atoms with Crippen LogP contribution in [0.15, 0.2) is 27.3 Å². The summed E-state index contributed by atoms with van der Waals surface area (Å²) in [6, 6.07) is 4.26. The molecule has 0 amide bonds. The van der Waals surface area contributed by atoms with Crippen molar-refractivity contribution < 1.29 is 4.74 Å². The van der Waals surface area contributed by atoms with Gasteiger partial charge in [0.25, 0.3) is 0 Å². The van der Waals surface area contributed by atoms with Gasteiger partial charge in [-0.15, -0.1) is 0 Å². The van der Waals surface area contributed by atoms with Gasteiger partial charge in [0.05, 0.1) is 23.0 Å². The lowest BCUT2D eigenvalue weighted by atomic mass is 10.3. The summed E-state index contributed by atoms with van der Waals surface area (Å²) in [5, 5.41) is 3.35. The molecule has 2 aromatic rings. The number of hydrogen-bond acceptors (Lipinski definition) is 3. The molecule has 1 heterocycles. The standard InChI is InChI=1S/C14H17Br2N3O/c1-8(2)17-14-18-9(3)7-19(14)12-6-13(20-4)11(16)5-10(12)15/h5-8H,1-4H3,(H,17,18). The third kappa shape index (κ3) is 3.17. The lowest BCUT2D eigenvalue weighted by Gasteiger charge is -2.15. The first kappa shape index (κ1) is 15.4. The Morgan fingerprint density at radius 3 is 2.55 bits per heavy atom. The molecule has 0 aliphatic heterocycles. The molecule has 1 aromatic heterocycles. The van der Waals surface area contributed by atoms with Crippen molar-refractivity contribution in [3.63, 3.8) is 0 Å². The van der Waals surface area contributed by atoms with E-state index in [9.17, 15) is 0 Å². The van der Waals surface area contributed by atoms with E-state index in [2.05, 4.69) is 56.0 Å². The number of halogens is 2. The Balaban J connectivity index is 2.56. The third-order valence-corrected chi connectivity index (χ3v) is 3.98. The van der Waals surface area contributed by atoms with Gasteiger partial charge in [0.15, 0.2) is 0 Å². The SMILES string of the molecule is COc1cc(-n2cc(C)nc2NC(C)C)c(Br)cc1Br. The Kier molecular flexibility index (Phi) is 4.75. The molecule has 0 radical (unpaired) electrons. The Hall–Kier alpha value is -1.01. The van der Waals surface area contributed by atoms with Crippen LogP contribution in [0.1, 0.15) is 19.5 Å². The number of nitrogens with zero attached hydrogens (tertiary/aromatic N) is 2. The molecule has 0 bridgehead atoms. The Morgan fingerprint density at radius 1 is 1.25 bits per heavy atom. The predicted octanol–water partition coefficient (Wildman–Crippen LogP) is 4.53. The fourth-order valence-electron chi connectivity index (χ4n) is 1.90. The normalized spacial score (nSPS) is 10.9. The molecular weight excluding hydrogens is 386 g/mol. The van der Waals surface area contributed by atoms with E-state index in [0.717, 1.165) is 32.0 Å². The monoisotopic (exact) mass is 401 g/mol. The Morgan fingerprint density at radius 2 is 1.95 bits per heavy atom. The summed E-state index contributed by atoms with van der Waals surface area (Å²) in [7, 11) is 1.66. The van der Waals surface area contributed by atoms with Crippen LogP contribution in [0.5, 0.6) is 5.75 Å². The molecule has 0 saturated heterocycles. The topological polar surface area (TPSA) is 39.1 Å². The van der Waals surface area contributed by atoms with Gasteiger partial charge in [0.2, 0.25) is 5.95 Å². The van der Waals surface area contributed by atoms with Crippen molar-refractivity contribution in [3.05, 3.63) is 33.0 Å². The number of rotatable bonds is 4. The number of imidazole rings is 1. The molecule has 4 nitrogen and oxygen atoms in total. The van der Waals surface area contributed by atoms with E-state index in [0.29, 0.717) is 6.04 Å². The van der Waals surface area contributed by atoms with E-state index in [4.69, 9.17) is 4.74 Å². The van der Waals surface area contributed by atoms with Crippen molar-refractivity contribution in [2.75, 3.05) is 12.4 Å². The number of hydrogen-bond donors (Lipinski definition) is 1. The Labute approximate surface area is 135 Å². The lowest BCUT2D eigenvalue weighted by Crippen LogP contribution is -2.14. The molecule has 6 heteroatoms. The van der Waals surface area contributed by atoms with Gasteiger partial charge in [-0.1, -0.05) is 0 Å². The van der Waals surface area contributed by atoms with E-state index >= 15 is 0 Å². The average molecular weight is 403 g/mol. The number of aryl methyl sites for hydroxylation is 1. The van der Waals surface area contributed by atoms with Crippen molar-refractivity contribution in [3.8, 4) is 11.4 Å². The van der Waals surface area contributed by atoms with Crippen molar-refractivity contribution in [2.45, 2.75) is 26.8 Å². The van der Waals surface area contributed by atoms with Gasteiger partial charge in [0, 0.05) is 22.8 Å². The van der Waals surface area contributed by atoms with Gasteiger partial charge in [-0.2, -0.15) is 0 Å². The zero-order chi connectivity index (χ0) is 14.9. The number of aromatic nitrogens is 2. The second-order valence-electron chi connectivity index (χ2n) is 4.81. The summed E-state index contributed by atoms with van der Waals surface area (Å²) >= 11 is 7.08. The predicted molar refractivity (Wildman–Crippen MR) is 89.0 cm³/mol. The van der Waals surface area contributed by atoms with Crippen molar-refractivity contribution >= 4 is 37.8 Å². The number of ether oxygens (including phenoxy) is 1. The first-order valence-corrected chi connectivity index (χ1v) is 7.87. The fourth-order valence-corrected chi connectivity index (χ4v) is 3.25. The summed E-state index contributed by atoms with van der Waals surface area (Å²) in [6.45, 7) is 6.16. The van der Waals surface area contributed by atoms with Crippen LogP contribution in [0.2, 0.25) is 0 Å². The van der Waals surface area contributed by atoms with Crippen LogP contribution >= 0.6 is 31.9 Å². The minimum atomic E-state index is 0.312. The molecule has 1 N–H and O–H groups in total. The lowest BCUT2D eigenvalue weighted by molar-refractivity contribution is 0.412. The van der Waals surface area contributed by atoms with Crippen LogP contribution in [0.3, 0.4) is 0 Å². The van der Waals surface area contributed by atoms with Crippen molar-refractivity contribution in [2.24, 2.45) is 0 Å². The van der Waals surface area contributed by atoms with E-state index in [1.807, 2.05) is 29.8 Å². The zero-order valence-electron chi connectivity index (χ0n) is 11.9. The molecule has 2 rings (SSSR count). The zero-order valence-corrected chi connectivity index (χ0v) is 15.0. The van der Waals surface area contributed by atoms with Gasteiger partial charge in [0.1, 0.15) is 5.75 Å². The number of anilines is 1. The molecule has 0 aliphatic rings.